The van der Waals surface area contributed by atoms with Crippen LogP contribution in [0.25, 0.3) is 0 Å². The van der Waals surface area contributed by atoms with E-state index in [1.54, 1.807) is 35.7 Å². The molecule has 1 heterocycles. The first kappa shape index (κ1) is 14.8. The second kappa shape index (κ2) is 6.04. The Morgan fingerprint density at radius 3 is 2.56 bits per heavy atom. The summed E-state index contributed by atoms with van der Waals surface area (Å²) in [5.41, 5.74) is 0.543. The molecule has 5 nitrogen and oxygen atoms in total. The van der Waals surface area contributed by atoms with Crippen molar-refractivity contribution in [2.75, 3.05) is 13.1 Å². The van der Waals surface area contributed by atoms with Crippen LogP contribution in [0.5, 0.6) is 0 Å². The second-order valence-electron chi connectivity index (χ2n) is 4.24. The summed E-state index contributed by atoms with van der Waals surface area (Å²) in [4.78, 5) is 24.6. The van der Waals surface area contributed by atoms with E-state index in [2.05, 4.69) is 15.9 Å². The molecule has 0 aliphatic heterocycles. The van der Waals surface area contributed by atoms with Gasteiger partial charge in [0.2, 0.25) is 0 Å². The standard InChI is InChI=1S/C12H17BrN2O3/c1-4-15(6-8(2)12(17)18)11(16)10-5-9(13)7-14(10)3/h5,7-8H,4,6H2,1-3H3,(H,17,18). The van der Waals surface area contributed by atoms with Crippen molar-refractivity contribution >= 4 is 27.8 Å². The molecule has 1 aromatic rings. The lowest BCUT2D eigenvalue weighted by Crippen LogP contribution is -2.37. The monoisotopic (exact) mass is 316 g/mol. The van der Waals surface area contributed by atoms with E-state index in [1.165, 1.54) is 0 Å². The first-order chi connectivity index (χ1) is 8.36. The van der Waals surface area contributed by atoms with E-state index in [1.807, 2.05) is 6.92 Å². The van der Waals surface area contributed by atoms with E-state index in [9.17, 15) is 9.59 Å². The molecule has 0 aliphatic rings. The maximum atomic E-state index is 12.3. The number of hydrogen-bond acceptors (Lipinski definition) is 2. The van der Waals surface area contributed by atoms with Crippen LogP contribution in [-0.4, -0.2) is 39.5 Å². The largest absolute Gasteiger partial charge is 0.481 e. The number of carbonyl (C=O) groups is 2. The van der Waals surface area contributed by atoms with E-state index < -0.39 is 11.9 Å². The zero-order valence-electron chi connectivity index (χ0n) is 10.7. The van der Waals surface area contributed by atoms with E-state index in [-0.39, 0.29) is 12.5 Å². The highest BCUT2D eigenvalue weighted by atomic mass is 79.9. The summed E-state index contributed by atoms with van der Waals surface area (Å²) in [5, 5.41) is 8.89. The number of rotatable bonds is 5. The molecule has 18 heavy (non-hydrogen) atoms. The topological polar surface area (TPSA) is 62.5 Å². The molecular weight excluding hydrogens is 300 g/mol. The number of halogens is 1. The third-order valence-corrected chi connectivity index (χ3v) is 3.21. The lowest BCUT2D eigenvalue weighted by atomic mass is 10.1. The molecule has 0 spiro atoms. The molecule has 0 fully saturated rings. The van der Waals surface area contributed by atoms with Crippen molar-refractivity contribution in [2.45, 2.75) is 13.8 Å². The van der Waals surface area contributed by atoms with Crippen molar-refractivity contribution in [1.29, 1.82) is 0 Å². The number of aromatic nitrogens is 1. The predicted octanol–water partition coefficient (Wildman–Crippen LogP) is 1.97. The van der Waals surface area contributed by atoms with Crippen molar-refractivity contribution < 1.29 is 14.7 Å². The lowest BCUT2D eigenvalue weighted by Gasteiger charge is -2.23. The molecule has 0 aliphatic carbocycles. The maximum absolute atomic E-state index is 12.3. The molecular formula is C12H17BrN2O3. The SMILES string of the molecule is CCN(CC(C)C(=O)O)C(=O)c1cc(Br)cn1C. The van der Waals surface area contributed by atoms with Crippen molar-refractivity contribution in [1.82, 2.24) is 9.47 Å². The third kappa shape index (κ3) is 3.35. The highest BCUT2D eigenvalue weighted by Gasteiger charge is 2.22. The predicted molar refractivity (Wildman–Crippen MR) is 71.5 cm³/mol. The van der Waals surface area contributed by atoms with Crippen molar-refractivity contribution in [2.24, 2.45) is 13.0 Å². The van der Waals surface area contributed by atoms with Gasteiger partial charge in [-0.25, -0.2) is 0 Å². The van der Waals surface area contributed by atoms with Gasteiger partial charge in [0.15, 0.2) is 0 Å². The van der Waals surface area contributed by atoms with Crippen LogP contribution in [0.3, 0.4) is 0 Å². The molecule has 1 aromatic heterocycles. The fraction of sp³-hybridized carbons (Fsp3) is 0.500. The van der Waals surface area contributed by atoms with E-state index in [0.29, 0.717) is 12.2 Å². The maximum Gasteiger partial charge on any atom is 0.308 e. The van der Waals surface area contributed by atoms with Gasteiger partial charge >= 0.3 is 5.97 Å². The number of hydrogen-bond donors (Lipinski definition) is 1. The van der Waals surface area contributed by atoms with Gasteiger partial charge in [-0.1, -0.05) is 6.92 Å². The Hall–Kier alpha value is -1.30. The Kier molecular flexibility index (Phi) is 4.95. The number of aliphatic carboxylic acids is 1. The Bertz CT molecular complexity index is 456. The molecule has 1 rings (SSSR count). The first-order valence-corrected chi connectivity index (χ1v) is 6.50. The normalized spacial score (nSPS) is 12.2. The molecule has 1 amide bonds. The van der Waals surface area contributed by atoms with Crippen LogP contribution < -0.4 is 0 Å². The molecule has 100 valence electrons. The lowest BCUT2D eigenvalue weighted by molar-refractivity contribution is -0.141. The van der Waals surface area contributed by atoms with Crippen LogP contribution in [0.2, 0.25) is 0 Å². The van der Waals surface area contributed by atoms with Crippen molar-refractivity contribution in [3.8, 4) is 0 Å². The Morgan fingerprint density at radius 2 is 2.17 bits per heavy atom. The van der Waals surface area contributed by atoms with Crippen LogP contribution >= 0.6 is 15.9 Å². The Labute approximate surface area is 115 Å². The smallest absolute Gasteiger partial charge is 0.308 e. The zero-order chi connectivity index (χ0) is 13.9. The molecule has 0 saturated heterocycles. The van der Waals surface area contributed by atoms with Gasteiger partial charge < -0.3 is 14.6 Å². The first-order valence-electron chi connectivity index (χ1n) is 5.70. The summed E-state index contributed by atoms with van der Waals surface area (Å²) >= 11 is 3.31. The molecule has 0 saturated carbocycles. The minimum atomic E-state index is -0.894. The second-order valence-corrected chi connectivity index (χ2v) is 5.15. The average Bonchev–Trinajstić information content (AvgIpc) is 2.63. The van der Waals surface area contributed by atoms with Gasteiger partial charge in [0.1, 0.15) is 5.69 Å². The Morgan fingerprint density at radius 1 is 1.56 bits per heavy atom. The minimum Gasteiger partial charge on any atom is -0.481 e. The molecule has 1 N–H and O–H groups in total. The highest BCUT2D eigenvalue weighted by molar-refractivity contribution is 9.10. The van der Waals surface area contributed by atoms with Gasteiger partial charge in [0.25, 0.3) is 5.91 Å². The van der Waals surface area contributed by atoms with Crippen LogP contribution in [0.15, 0.2) is 16.7 Å². The fourth-order valence-corrected chi connectivity index (χ4v) is 2.19. The quantitative estimate of drug-likeness (QED) is 0.903. The van der Waals surface area contributed by atoms with Crippen molar-refractivity contribution in [3.63, 3.8) is 0 Å². The van der Waals surface area contributed by atoms with Gasteiger partial charge in [-0.05, 0) is 28.9 Å². The van der Waals surface area contributed by atoms with Crippen LogP contribution in [0, 0.1) is 5.92 Å². The average molecular weight is 317 g/mol. The molecule has 0 radical (unpaired) electrons. The van der Waals surface area contributed by atoms with Gasteiger partial charge in [0.05, 0.1) is 5.92 Å². The van der Waals surface area contributed by atoms with Crippen LogP contribution in [0.1, 0.15) is 24.3 Å². The van der Waals surface area contributed by atoms with Crippen LogP contribution in [-0.2, 0) is 11.8 Å². The van der Waals surface area contributed by atoms with Gasteiger partial charge in [0, 0.05) is 30.8 Å². The molecule has 1 unspecified atom stereocenters. The molecule has 6 heteroatoms. The van der Waals surface area contributed by atoms with E-state index in [4.69, 9.17) is 5.11 Å². The summed E-state index contributed by atoms with van der Waals surface area (Å²) in [6, 6.07) is 1.73. The third-order valence-electron chi connectivity index (χ3n) is 2.78. The number of amides is 1. The van der Waals surface area contributed by atoms with E-state index >= 15 is 0 Å². The number of carboxylic acids is 1. The van der Waals surface area contributed by atoms with E-state index in [0.717, 1.165) is 4.47 Å². The van der Waals surface area contributed by atoms with Gasteiger partial charge in [-0.3, -0.25) is 9.59 Å². The number of aryl methyl sites for hydroxylation is 1. The summed E-state index contributed by atoms with van der Waals surface area (Å²) in [6.07, 6.45) is 1.79. The number of carbonyl (C=O) groups excluding carboxylic acids is 1. The summed E-state index contributed by atoms with van der Waals surface area (Å²) in [6.45, 7) is 4.14. The fourth-order valence-electron chi connectivity index (χ4n) is 1.66. The Balaban J connectivity index is 2.86. The van der Waals surface area contributed by atoms with Crippen molar-refractivity contribution in [3.05, 3.63) is 22.4 Å². The minimum absolute atomic E-state index is 0.154. The number of nitrogens with zero attached hydrogens (tertiary/aromatic N) is 2. The molecule has 1 atom stereocenters. The molecule has 0 aromatic carbocycles. The van der Waals surface area contributed by atoms with Gasteiger partial charge in [-0.2, -0.15) is 0 Å². The van der Waals surface area contributed by atoms with Gasteiger partial charge in [-0.15, -0.1) is 0 Å². The molecule has 0 bridgehead atoms. The van der Waals surface area contributed by atoms with Crippen LogP contribution in [0.4, 0.5) is 0 Å². The summed E-state index contributed by atoms with van der Waals surface area (Å²) in [7, 11) is 1.78. The summed E-state index contributed by atoms with van der Waals surface area (Å²) in [5.74, 6) is -1.62. The summed E-state index contributed by atoms with van der Waals surface area (Å²) < 4.78 is 2.55. The highest BCUT2D eigenvalue weighted by Crippen LogP contribution is 2.16. The number of carboxylic acid groups (broad SMARTS) is 1. The zero-order valence-corrected chi connectivity index (χ0v) is 12.3.